The number of nitrogens with zero attached hydrogens (tertiary/aromatic N) is 2. The van der Waals surface area contributed by atoms with Crippen molar-refractivity contribution >= 4 is 5.69 Å². The van der Waals surface area contributed by atoms with E-state index in [0.717, 1.165) is 12.1 Å². The summed E-state index contributed by atoms with van der Waals surface area (Å²) in [7, 11) is 0. The predicted molar refractivity (Wildman–Crippen MR) is 61.9 cm³/mol. The maximum atomic E-state index is 4.10. The van der Waals surface area contributed by atoms with Crippen LogP contribution in [0.4, 0.5) is 5.69 Å². The molecule has 2 heteroatoms. The number of fused-ring (bicyclic) bond motifs is 3. The monoisotopic (exact) mass is 196 g/mol. The van der Waals surface area contributed by atoms with E-state index in [1.54, 1.807) is 0 Å². The lowest BCUT2D eigenvalue weighted by atomic mass is 10.0. The van der Waals surface area contributed by atoms with Gasteiger partial charge in [-0.15, -0.1) is 0 Å². The van der Waals surface area contributed by atoms with Crippen LogP contribution in [-0.4, -0.2) is 5.01 Å². The highest BCUT2D eigenvalue weighted by molar-refractivity contribution is 5.60. The lowest BCUT2D eigenvalue weighted by molar-refractivity contribution is 0.440. The third-order valence-corrected chi connectivity index (χ3v) is 2.75. The van der Waals surface area contributed by atoms with Crippen LogP contribution in [-0.2, 0) is 6.42 Å². The van der Waals surface area contributed by atoms with Crippen LogP contribution in [0.2, 0.25) is 0 Å². The molecule has 2 nitrogen and oxygen atoms in total. The van der Waals surface area contributed by atoms with Crippen molar-refractivity contribution in [3.63, 3.8) is 0 Å². The molecule has 3 rings (SSSR count). The van der Waals surface area contributed by atoms with E-state index in [-0.39, 0.29) is 0 Å². The summed E-state index contributed by atoms with van der Waals surface area (Å²) in [6.45, 7) is 4.10. The maximum absolute atomic E-state index is 4.10. The number of anilines is 1. The van der Waals surface area contributed by atoms with Crippen LogP contribution < -0.4 is 5.01 Å². The Bertz CT molecular complexity index is 471. The lowest BCUT2D eigenvalue weighted by Gasteiger charge is -2.40. The molecule has 0 radical (unpaired) electrons. The van der Waals surface area contributed by atoms with Crippen LogP contribution >= 0.6 is 0 Å². The fraction of sp³-hybridized carbons (Fsp3) is 0.0769. The van der Waals surface area contributed by atoms with E-state index in [0.29, 0.717) is 0 Å². The van der Waals surface area contributed by atoms with Crippen molar-refractivity contribution in [1.29, 1.82) is 0 Å². The zero-order valence-corrected chi connectivity index (χ0v) is 8.43. The Morgan fingerprint density at radius 1 is 1.00 bits per heavy atom. The van der Waals surface area contributed by atoms with Gasteiger partial charge in [-0.3, -0.25) is 10.0 Å². The van der Waals surface area contributed by atoms with Crippen molar-refractivity contribution in [3.8, 4) is 0 Å². The minimum absolute atomic E-state index is 0.921. The molecule has 0 aromatic heterocycles. The van der Waals surface area contributed by atoms with Crippen LogP contribution in [0, 0.1) is 0 Å². The van der Waals surface area contributed by atoms with Crippen molar-refractivity contribution in [2.45, 2.75) is 6.42 Å². The lowest BCUT2D eigenvalue weighted by Crippen LogP contribution is -2.39. The summed E-state index contributed by atoms with van der Waals surface area (Å²) in [5.74, 6) is 0. The molecule has 0 spiro atoms. The van der Waals surface area contributed by atoms with Gasteiger partial charge < -0.3 is 0 Å². The highest BCUT2D eigenvalue weighted by Crippen LogP contribution is 2.33. The summed E-state index contributed by atoms with van der Waals surface area (Å²) in [5.41, 5.74) is 3.68. The molecule has 0 amide bonds. The van der Waals surface area contributed by atoms with Gasteiger partial charge in [-0.1, -0.05) is 24.8 Å². The highest BCUT2D eigenvalue weighted by atomic mass is 15.6. The molecule has 2 aliphatic rings. The number of hydrogen-bond acceptors (Lipinski definition) is 2. The van der Waals surface area contributed by atoms with Gasteiger partial charge >= 0.3 is 0 Å². The number of hydrogen-bond donors (Lipinski definition) is 0. The van der Waals surface area contributed by atoms with Crippen molar-refractivity contribution in [3.05, 3.63) is 66.7 Å². The van der Waals surface area contributed by atoms with Gasteiger partial charge in [-0.25, -0.2) is 0 Å². The van der Waals surface area contributed by atoms with Crippen LogP contribution in [0.25, 0.3) is 0 Å². The molecule has 0 atom stereocenters. The maximum Gasteiger partial charge on any atom is 0.0665 e. The molecule has 0 saturated carbocycles. The second kappa shape index (κ2) is 3.02. The van der Waals surface area contributed by atoms with Gasteiger partial charge in [-0.2, -0.15) is 0 Å². The van der Waals surface area contributed by atoms with Crippen molar-refractivity contribution in [1.82, 2.24) is 5.01 Å². The van der Waals surface area contributed by atoms with Crippen LogP contribution in [0.3, 0.4) is 0 Å². The molecule has 0 aliphatic carbocycles. The summed E-state index contributed by atoms with van der Waals surface area (Å²) in [6, 6.07) is 8.44. The largest absolute Gasteiger partial charge is 0.261 e. The van der Waals surface area contributed by atoms with Gasteiger partial charge in [0, 0.05) is 24.5 Å². The fourth-order valence-electron chi connectivity index (χ4n) is 2.04. The van der Waals surface area contributed by atoms with Crippen molar-refractivity contribution < 1.29 is 0 Å². The summed E-state index contributed by atoms with van der Waals surface area (Å²) < 4.78 is 0. The second-order valence-corrected chi connectivity index (χ2v) is 3.74. The smallest absolute Gasteiger partial charge is 0.0665 e. The molecule has 1 aromatic carbocycles. The first-order valence-electron chi connectivity index (χ1n) is 5.05. The van der Waals surface area contributed by atoms with E-state index in [1.807, 2.05) is 18.4 Å². The van der Waals surface area contributed by atoms with E-state index in [1.165, 1.54) is 11.3 Å². The zero-order chi connectivity index (χ0) is 10.3. The third kappa shape index (κ3) is 1.18. The Hall–Kier alpha value is -1.96. The summed E-state index contributed by atoms with van der Waals surface area (Å²) >= 11 is 0. The molecular weight excluding hydrogens is 184 g/mol. The van der Waals surface area contributed by atoms with Gasteiger partial charge in [0.25, 0.3) is 0 Å². The summed E-state index contributed by atoms with van der Waals surface area (Å²) in [6.07, 6.45) is 9.08. The molecule has 0 unspecified atom stereocenters. The number of para-hydroxylation sites is 1. The Balaban J connectivity index is 2.15. The minimum atomic E-state index is 0.921. The fourth-order valence-corrected chi connectivity index (χ4v) is 2.04. The molecule has 0 fully saturated rings. The van der Waals surface area contributed by atoms with Gasteiger partial charge in [0.15, 0.2) is 0 Å². The molecular formula is C13H12N2. The van der Waals surface area contributed by atoms with E-state index in [4.69, 9.17) is 0 Å². The van der Waals surface area contributed by atoms with Crippen molar-refractivity contribution in [2.24, 2.45) is 0 Å². The molecule has 2 aliphatic heterocycles. The van der Waals surface area contributed by atoms with Crippen LogP contribution in [0.1, 0.15) is 5.56 Å². The summed E-state index contributed by atoms with van der Waals surface area (Å²) in [5, 5.41) is 4.21. The predicted octanol–water partition coefficient (Wildman–Crippen LogP) is 2.82. The highest BCUT2D eigenvalue weighted by Gasteiger charge is 2.23. The SMILES string of the molecule is C=C1Cc2ccccc2N2C=CC=CN12. The first-order valence-corrected chi connectivity index (χ1v) is 5.05. The standard InChI is InChI=1S/C13H12N2/c1-11-10-12-6-2-3-7-13(12)15-9-5-4-8-14(11)15/h2-9H,1,10H2. The summed E-state index contributed by atoms with van der Waals surface area (Å²) in [4.78, 5) is 0. The van der Waals surface area contributed by atoms with Crippen LogP contribution in [0.5, 0.6) is 0 Å². The Morgan fingerprint density at radius 2 is 1.73 bits per heavy atom. The first-order chi connectivity index (χ1) is 7.36. The Morgan fingerprint density at radius 3 is 2.60 bits per heavy atom. The molecule has 74 valence electrons. The molecule has 0 N–H and O–H groups in total. The van der Waals surface area contributed by atoms with E-state index in [9.17, 15) is 0 Å². The molecule has 2 heterocycles. The molecule has 0 saturated heterocycles. The number of hydrazine groups is 1. The Kier molecular flexibility index (Phi) is 1.68. The number of benzene rings is 1. The van der Waals surface area contributed by atoms with Gasteiger partial charge in [0.2, 0.25) is 0 Å². The molecule has 15 heavy (non-hydrogen) atoms. The van der Waals surface area contributed by atoms with E-state index >= 15 is 0 Å². The van der Waals surface area contributed by atoms with Gasteiger partial charge in [-0.05, 0) is 23.8 Å². The average molecular weight is 196 g/mol. The third-order valence-electron chi connectivity index (χ3n) is 2.75. The second-order valence-electron chi connectivity index (χ2n) is 3.74. The normalized spacial score (nSPS) is 17.7. The number of allylic oxidation sites excluding steroid dienone is 3. The van der Waals surface area contributed by atoms with E-state index < -0.39 is 0 Å². The average Bonchev–Trinajstić information content (AvgIpc) is 2.30. The molecule has 1 aromatic rings. The van der Waals surface area contributed by atoms with Crippen molar-refractivity contribution in [2.75, 3.05) is 5.01 Å². The minimum Gasteiger partial charge on any atom is -0.261 e. The number of rotatable bonds is 0. The quantitative estimate of drug-likeness (QED) is 0.629. The topological polar surface area (TPSA) is 6.48 Å². The first kappa shape index (κ1) is 8.36. The van der Waals surface area contributed by atoms with Crippen LogP contribution in [0.15, 0.2) is 61.1 Å². The van der Waals surface area contributed by atoms with E-state index in [2.05, 4.69) is 47.1 Å². The van der Waals surface area contributed by atoms with Gasteiger partial charge in [0.1, 0.15) is 0 Å². The molecule has 0 bridgehead atoms. The Labute approximate surface area is 89.4 Å². The van der Waals surface area contributed by atoms with Gasteiger partial charge in [0.05, 0.1) is 5.69 Å². The zero-order valence-electron chi connectivity index (χ0n) is 8.43.